The van der Waals surface area contributed by atoms with Gasteiger partial charge in [-0.15, -0.1) is 0 Å². The second-order valence-corrected chi connectivity index (χ2v) is 6.26. The van der Waals surface area contributed by atoms with E-state index in [1.807, 2.05) is 0 Å². The van der Waals surface area contributed by atoms with E-state index in [1.165, 1.54) is 4.90 Å². The number of likely N-dealkylation sites (tertiary alicyclic amines) is 1. The molecule has 7 heteroatoms. The number of hydrogen-bond donors (Lipinski definition) is 2. The van der Waals surface area contributed by atoms with Gasteiger partial charge in [0.15, 0.2) is 0 Å². The van der Waals surface area contributed by atoms with Crippen molar-refractivity contribution in [2.45, 2.75) is 38.8 Å². The Morgan fingerprint density at radius 2 is 2.05 bits per heavy atom. The lowest BCUT2D eigenvalue weighted by atomic mass is 9.82. The molecule has 0 aromatic rings. The third-order valence-corrected chi connectivity index (χ3v) is 3.67. The highest BCUT2D eigenvalue weighted by atomic mass is 16.6. The molecule has 7 nitrogen and oxygen atoms in total. The average molecular weight is 284 g/mol. The third kappa shape index (κ3) is 2.71. The first kappa shape index (κ1) is 14.6. The maximum absolute atomic E-state index is 12.1. The van der Waals surface area contributed by atoms with Gasteiger partial charge >= 0.3 is 12.1 Å². The van der Waals surface area contributed by atoms with E-state index in [-0.39, 0.29) is 24.3 Å². The molecule has 3 atom stereocenters. The zero-order valence-corrected chi connectivity index (χ0v) is 11.9. The minimum atomic E-state index is -1.10. The summed E-state index contributed by atoms with van der Waals surface area (Å²) in [6.45, 7) is 5.70. The summed E-state index contributed by atoms with van der Waals surface area (Å²) in [6.07, 6.45) is -0.165. The average Bonchev–Trinajstić information content (AvgIpc) is 2.67. The van der Waals surface area contributed by atoms with Crippen molar-refractivity contribution in [3.05, 3.63) is 0 Å². The molecule has 0 bridgehead atoms. The topological polar surface area (TPSA) is 95.9 Å². The van der Waals surface area contributed by atoms with E-state index < -0.39 is 23.7 Å². The van der Waals surface area contributed by atoms with Gasteiger partial charge in [-0.05, 0) is 27.2 Å². The lowest BCUT2D eigenvalue weighted by molar-refractivity contribution is -0.148. The second kappa shape index (κ2) is 4.96. The van der Waals surface area contributed by atoms with Gasteiger partial charge in [0, 0.05) is 24.9 Å². The molecule has 0 aromatic heterocycles. The molecule has 2 aliphatic heterocycles. The van der Waals surface area contributed by atoms with Crippen molar-refractivity contribution in [2.24, 2.45) is 11.8 Å². The van der Waals surface area contributed by atoms with E-state index >= 15 is 0 Å². The Kier molecular flexibility index (Phi) is 3.62. The van der Waals surface area contributed by atoms with Gasteiger partial charge in [0.2, 0.25) is 5.91 Å². The van der Waals surface area contributed by atoms with Crippen molar-refractivity contribution in [1.29, 1.82) is 0 Å². The lowest BCUT2D eigenvalue weighted by Gasteiger charge is -2.39. The van der Waals surface area contributed by atoms with Crippen molar-refractivity contribution in [1.82, 2.24) is 10.2 Å². The molecule has 2 aliphatic rings. The third-order valence-electron chi connectivity index (χ3n) is 3.67. The van der Waals surface area contributed by atoms with Gasteiger partial charge in [0.1, 0.15) is 11.6 Å². The highest BCUT2D eigenvalue weighted by Crippen LogP contribution is 2.33. The van der Waals surface area contributed by atoms with Crippen LogP contribution in [0.1, 0.15) is 27.2 Å². The number of piperidine rings is 1. The number of carbonyl (C=O) groups excluding carboxylic acids is 2. The molecule has 0 saturated carbocycles. The van der Waals surface area contributed by atoms with E-state index in [1.54, 1.807) is 20.8 Å². The number of rotatable bonds is 1. The second-order valence-electron chi connectivity index (χ2n) is 6.26. The maximum Gasteiger partial charge on any atom is 0.411 e. The number of ether oxygens (including phenoxy) is 1. The first-order valence-electron chi connectivity index (χ1n) is 6.71. The molecular weight excluding hydrogens is 264 g/mol. The van der Waals surface area contributed by atoms with Crippen LogP contribution >= 0.6 is 0 Å². The summed E-state index contributed by atoms with van der Waals surface area (Å²) in [4.78, 5) is 36.5. The number of fused-ring (bicyclic) bond motifs is 1. The summed E-state index contributed by atoms with van der Waals surface area (Å²) in [5.74, 6) is -1.93. The van der Waals surface area contributed by atoms with Gasteiger partial charge in [-0.2, -0.15) is 0 Å². The Labute approximate surface area is 117 Å². The normalized spacial score (nSPS) is 29.6. The van der Waals surface area contributed by atoms with Crippen molar-refractivity contribution in [2.75, 3.05) is 13.1 Å². The van der Waals surface area contributed by atoms with Crippen LogP contribution in [-0.2, 0) is 14.3 Å². The van der Waals surface area contributed by atoms with Crippen LogP contribution in [0, 0.1) is 11.8 Å². The first-order valence-corrected chi connectivity index (χ1v) is 6.71. The molecule has 2 rings (SSSR count). The Balaban J connectivity index is 2.19. The van der Waals surface area contributed by atoms with Gasteiger partial charge in [-0.25, -0.2) is 9.59 Å². The Morgan fingerprint density at radius 3 is 2.60 bits per heavy atom. The van der Waals surface area contributed by atoms with Gasteiger partial charge in [0.05, 0.1) is 0 Å². The van der Waals surface area contributed by atoms with Crippen LogP contribution in [0.4, 0.5) is 4.79 Å². The van der Waals surface area contributed by atoms with E-state index in [4.69, 9.17) is 4.74 Å². The fraction of sp³-hybridized carbons (Fsp3) is 0.769. The molecule has 0 radical (unpaired) electrons. The standard InChI is InChI=1S/C13H20N2O5/c1-13(2,3)20-12(19)15-5-4-7-8(6-14-10(7)16)9(15)11(17)18/h7-9H,4-6H2,1-3H3,(H,14,16)(H,17,18). The zero-order chi connectivity index (χ0) is 15.1. The van der Waals surface area contributed by atoms with Crippen molar-refractivity contribution in [3.63, 3.8) is 0 Å². The number of carbonyl (C=O) groups is 3. The highest BCUT2D eigenvalue weighted by molar-refractivity contribution is 5.86. The largest absolute Gasteiger partial charge is 0.480 e. The molecule has 2 fully saturated rings. The monoisotopic (exact) mass is 284 g/mol. The number of nitrogens with zero attached hydrogens (tertiary/aromatic N) is 1. The Hall–Kier alpha value is -1.79. The van der Waals surface area contributed by atoms with Gasteiger partial charge in [-0.1, -0.05) is 0 Å². The Morgan fingerprint density at radius 1 is 1.40 bits per heavy atom. The van der Waals surface area contributed by atoms with E-state index in [9.17, 15) is 19.5 Å². The summed E-state index contributed by atoms with van der Waals surface area (Å²) < 4.78 is 5.25. The molecule has 0 spiro atoms. The lowest BCUT2D eigenvalue weighted by Crippen LogP contribution is -2.56. The van der Waals surface area contributed by atoms with Crippen LogP contribution in [0.5, 0.6) is 0 Å². The Bertz CT molecular complexity index is 443. The van der Waals surface area contributed by atoms with E-state index in [0.717, 1.165) is 0 Å². The number of hydrogen-bond acceptors (Lipinski definition) is 4. The molecule has 0 aliphatic carbocycles. The van der Waals surface area contributed by atoms with Crippen molar-refractivity contribution in [3.8, 4) is 0 Å². The number of nitrogens with one attached hydrogen (secondary N) is 1. The summed E-state index contributed by atoms with van der Waals surface area (Å²) in [7, 11) is 0. The van der Waals surface area contributed by atoms with E-state index in [2.05, 4.69) is 5.32 Å². The molecule has 2 amide bonds. The number of amides is 2. The fourth-order valence-electron chi connectivity index (χ4n) is 2.85. The molecule has 20 heavy (non-hydrogen) atoms. The van der Waals surface area contributed by atoms with E-state index in [0.29, 0.717) is 13.0 Å². The van der Waals surface area contributed by atoms with Crippen LogP contribution in [0.15, 0.2) is 0 Å². The van der Waals surface area contributed by atoms with Crippen LogP contribution in [-0.4, -0.2) is 52.7 Å². The minimum Gasteiger partial charge on any atom is -0.480 e. The molecule has 3 unspecified atom stereocenters. The smallest absolute Gasteiger partial charge is 0.411 e. The molecule has 112 valence electrons. The maximum atomic E-state index is 12.1. The molecule has 0 aromatic carbocycles. The predicted molar refractivity (Wildman–Crippen MR) is 69.0 cm³/mol. The SMILES string of the molecule is CC(C)(C)OC(=O)N1CCC2C(=O)NCC2C1C(=O)O. The molecule has 2 heterocycles. The summed E-state index contributed by atoms with van der Waals surface area (Å²) in [5.41, 5.74) is -0.680. The summed E-state index contributed by atoms with van der Waals surface area (Å²) >= 11 is 0. The van der Waals surface area contributed by atoms with Crippen LogP contribution in [0.2, 0.25) is 0 Å². The van der Waals surface area contributed by atoms with Crippen molar-refractivity contribution >= 4 is 18.0 Å². The van der Waals surface area contributed by atoms with Gasteiger partial charge < -0.3 is 15.2 Å². The summed E-state index contributed by atoms with van der Waals surface area (Å²) in [5, 5.41) is 12.1. The first-order chi connectivity index (χ1) is 9.20. The van der Waals surface area contributed by atoms with Crippen LogP contribution in [0.3, 0.4) is 0 Å². The van der Waals surface area contributed by atoms with Crippen LogP contribution in [0.25, 0.3) is 0 Å². The number of aliphatic carboxylic acids is 1. The predicted octanol–water partition coefficient (Wildman–Crippen LogP) is 0.443. The zero-order valence-electron chi connectivity index (χ0n) is 11.9. The van der Waals surface area contributed by atoms with Gasteiger partial charge in [0.25, 0.3) is 0 Å². The number of carboxylic acid groups (broad SMARTS) is 1. The molecular formula is C13H20N2O5. The van der Waals surface area contributed by atoms with Crippen LogP contribution < -0.4 is 5.32 Å². The quantitative estimate of drug-likeness (QED) is 0.728. The molecule has 2 saturated heterocycles. The molecule has 2 N–H and O–H groups in total. The van der Waals surface area contributed by atoms with Gasteiger partial charge in [-0.3, -0.25) is 9.69 Å². The summed E-state index contributed by atoms with van der Waals surface area (Å²) in [6, 6.07) is -1.01. The minimum absolute atomic E-state index is 0.120. The highest BCUT2D eigenvalue weighted by Gasteiger charge is 2.50. The fourth-order valence-corrected chi connectivity index (χ4v) is 2.85. The van der Waals surface area contributed by atoms with Crippen molar-refractivity contribution < 1.29 is 24.2 Å². The number of carboxylic acids is 1.